The van der Waals surface area contributed by atoms with Crippen molar-refractivity contribution < 1.29 is 0 Å². The van der Waals surface area contributed by atoms with Gasteiger partial charge in [0.15, 0.2) is 0 Å². The highest BCUT2D eigenvalue weighted by Crippen LogP contribution is 1.92. The van der Waals surface area contributed by atoms with Gasteiger partial charge in [-0.15, -0.1) is 48.8 Å². The molecule has 0 amide bonds. The van der Waals surface area contributed by atoms with Crippen LogP contribution >= 0.6 is 48.8 Å². The Bertz CT molecular complexity index is 148. The maximum atomic E-state index is 2.08. The molecule has 1 aromatic carbocycles. The molecule has 0 unspecified atom stereocenters. The van der Waals surface area contributed by atoms with Crippen LogP contribution in [-0.4, -0.2) is 0 Å². The van der Waals surface area contributed by atoms with E-state index in [1.807, 2.05) is 18.2 Å². The largest absolute Gasteiger partial charge is 0.344 e. The smallest absolute Gasteiger partial charge is 0.0398 e. The Labute approximate surface area is 119 Å². The van der Waals surface area contributed by atoms with Gasteiger partial charge in [0, 0.05) is 0 Å². The van der Waals surface area contributed by atoms with Crippen LogP contribution in [0.5, 0.6) is 0 Å². The highest BCUT2D eigenvalue weighted by atomic mass is 127. The van der Waals surface area contributed by atoms with Gasteiger partial charge in [-0.2, -0.15) is 0 Å². The molecule has 0 heterocycles. The van der Waals surface area contributed by atoms with Crippen LogP contribution in [0.25, 0.3) is 0 Å². The van der Waals surface area contributed by atoms with E-state index in [0.29, 0.717) is 0 Å². The van der Waals surface area contributed by atoms with Crippen LogP contribution in [0.15, 0.2) is 30.3 Å². The Morgan fingerprint density at radius 1 is 0.786 bits per heavy atom. The number of halogens is 3. The molecule has 0 bridgehead atoms. The van der Waals surface area contributed by atoms with Crippen molar-refractivity contribution in [1.29, 1.82) is 0 Å². The second-order valence-electron chi connectivity index (χ2n) is 1.65. The first-order valence-corrected chi connectivity index (χ1v) is 2.41. The quantitative estimate of drug-likeness (QED) is 0.609. The molecule has 0 atom stereocenters. The Kier molecular flexibility index (Phi) is 98.0. The van der Waals surface area contributed by atoms with Crippen molar-refractivity contribution >= 4 is 48.8 Å². The highest BCUT2D eigenvalue weighted by molar-refractivity contribution is 14.0. The lowest BCUT2D eigenvalue weighted by atomic mass is 10.2. The molecular weight excluding hydrogens is 332 g/mol. The predicted molar refractivity (Wildman–Crippen MR) is 86.3 cm³/mol. The standard InChI is InChI=1S/C7H8.3CH4.2ClH.HI.H3N/c1-7-5-3-2-4-6-7;;;;;;;/h2-6H,1H3;3*1H4;3*1H;1H3. The zero-order valence-electron chi connectivity index (χ0n) is 6.32. The van der Waals surface area contributed by atoms with Gasteiger partial charge >= 0.3 is 0 Å². The Morgan fingerprint density at radius 2 is 1.07 bits per heavy atom. The van der Waals surface area contributed by atoms with E-state index in [1.54, 1.807) is 0 Å². The van der Waals surface area contributed by atoms with Gasteiger partial charge in [-0.05, 0) is 6.92 Å². The van der Waals surface area contributed by atoms with Crippen molar-refractivity contribution in [3.63, 3.8) is 0 Å². The summed E-state index contributed by atoms with van der Waals surface area (Å²) in [5.74, 6) is 0. The van der Waals surface area contributed by atoms with Crippen molar-refractivity contribution in [3.05, 3.63) is 35.9 Å². The van der Waals surface area contributed by atoms with E-state index in [2.05, 4.69) is 19.1 Å². The lowest BCUT2D eigenvalue weighted by molar-refractivity contribution is 1.48. The molecule has 1 nitrogen and oxygen atoms in total. The summed E-state index contributed by atoms with van der Waals surface area (Å²) >= 11 is 0. The van der Waals surface area contributed by atoms with Gasteiger partial charge in [-0.1, -0.05) is 58.2 Å². The zero-order chi connectivity index (χ0) is 5.11. The summed E-state index contributed by atoms with van der Waals surface area (Å²) in [4.78, 5) is 0. The molecule has 0 aliphatic heterocycles. The molecule has 0 saturated heterocycles. The van der Waals surface area contributed by atoms with E-state index in [0.717, 1.165) is 0 Å². The van der Waals surface area contributed by atoms with Crippen LogP contribution in [0.1, 0.15) is 27.8 Å². The van der Waals surface area contributed by atoms with Gasteiger partial charge in [0.2, 0.25) is 0 Å². The van der Waals surface area contributed by atoms with Gasteiger partial charge in [0.25, 0.3) is 0 Å². The maximum Gasteiger partial charge on any atom is -0.0398 e. The SMILES string of the molecule is C.C.C.Cc1ccccc1.Cl.Cl.I.N. The molecule has 0 aliphatic carbocycles. The van der Waals surface area contributed by atoms with Crippen molar-refractivity contribution in [2.75, 3.05) is 0 Å². The normalized spacial score (nSPS) is 4.36. The summed E-state index contributed by atoms with van der Waals surface area (Å²) in [5.41, 5.74) is 1.32. The van der Waals surface area contributed by atoms with Crippen LogP contribution in [0.4, 0.5) is 0 Å². The summed E-state index contributed by atoms with van der Waals surface area (Å²) in [6, 6.07) is 10.3. The molecule has 0 saturated carbocycles. The monoisotopic (exact) mass is 357 g/mol. The van der Waals surface area contributed by atoms with Crippen molar-refractivity contribution in [3.8, 4) is 0 Å². The molecule has 1 rings (SSSR count). The molecule has 0 spiro atoms. The van der Waals surface area contributed by atoms with E-state index in [1.165, 1.54) is 5.56 Å². The van der Waals surface area contributed by atoms with Gasteiger partial charge < -0.3 is 6.15 Å². The third-order valence-electron chi connectivity index (χ3n) is 0.940. The average molecular weight is 358 g/mol. The second-order valence-corrected chi connectivity index (χ2v) is 1.65. The van der Waals surface area contributed by atoms with E-state index in [9.17, 15) is 0 Å². The fourth-order valence-electron chi connectivity index (χ4n) is 0.534. The van der Waals surface area contributed by atoms with Crippen molar-refractivity contribution in [2.45, 2.75) is 29.2 Å². The minimum Gasteiger partial charge on any atom is -0.344 e. The fraction of sp³-hybridized carbons (Fsp3) is 0.400. The van der Waals surface area contributed by atoms with E-state index in [-0.39, 0.29) is 77.2 Å². The first-order chi connectivity index (χ1) is 3.39. The molecule has 1 aromatic rings. The third-order valence-corrected chi connectivity index (χ3v) is 0.940. The van der Waals surface area contributed by atoms with Gasteiger partial charge in [0.1, 0.15) is 0 Å². The number of rotatable bonds is 0. The Morgan fingerprint density at radius 3 is 1.21 bits per heavy atom. The topological polar surface area (TPSA) is 35.0 Å². The Hall–Kier alpha value is 0.490. The molecule has 0 fully saturated rings. The van der Waals surface area contributed by atoms with Gasteiger partial charge in [0.05, 0.1) is 0 Å². The molecule has 0 aromatic heterocycles. The van der Waals surface area contributed by atoms with Crippen LogP contribution in [0.2, 0.25) is 0 Å². The molecule has 4 heteroatoms. The van der Waals surface area contributed by atoms with E-state index < -0.39 is 0 Å². The molecule has 14 heavy (non-hydrogen) atoms. The lowest BCUT2D eigenvalue weighted by Crippen LogP contribution is -1.62. The van der Waals surface area contributed by atoms with Crippen LogP contribution in [-0.2, 0) is 0 Å². The van der Waals surface area contributed by atoms with Crippen LogP contribution in [0, 0.1) is 6.92 Å². The third kappa shape index (κ3) is 22.9. The minimum atomic E-state index is 0. The minimum absolute atomic E-state index is 0. The first-order valence-electron chi connectivity index (χ1n) is 2.41. The van der Waals surface area contributed by atoms with E-state index >= 15 is 0 Å². The number of aryl methyl sites for hydroxylation is 1. The predicted octanol–water partition coefficient (Wildman–Crippen LogP) is 5.53. The first kappa shape index (κ1) is 47.0. The average Bonchev–Trinajstić information content (AvgIpc) is 1.69. The maximum absolute atomic E-state index is 2.08. The molecule has 3 N–H and O–H groups in total. The van der Waals surface area contributed by atoms with Crippen molar-refractivity contribution in [1.82, 2.24) is 6.15 Å². The highest BCUT2D eigenvalue weighted by Gasteiger charge is 1.72. The second kappa shape index (κ2) is 29.2. The molecule has 0 radical (unpaired) electrons. The number of benzene rings is 1. The summed E-state index contributed by atoms with van der Waals surface area (Å²) in [6.07, 6.45) is 0. The molecule has 0 aliphatic rings. The summed E-state index contributed by atoms with van der Waals surface area (Å²) in [7, 11) is 0. The number of hydrogen-bond acceptors (Lipinski definition) is 1. The number of hydrogen-bond donors (Lipinski definition) is 1. The van der Waals surface area contributed by atoms with Gasteiger partial charge in [-0.3, -0.25) is 0 Å². The zero-order valence-corrected chi connectivity index (χ0v) is 10.3. The molecule has 92 valence electrons. The Balaban J connectivity index is -0.0000000140. The molecular formula is C10H26Cl2IN. The van der Waals surface area contributed by atoms with E-state index in [4.69, 9.17) is 0 Å². The summed E-state index contributed by atoms with van der Waals surface area (Å²) in [5, 5.41) is 0. The summed E-state index contributed by atoms with van der Waals surface area (Å²) in [6.45, 7) is 2.08. The van der Waals surface area contributed by atoms with Crippen LogP contribution < -0.4 is 6.15 Å². The van der Waals surface area contributed by atoms with Crippen LogP contribution in [0.3, 0.4) is 0 Å². The van der Waals surface area contributed by atoms with Crippen molar-refractivity contribution in [2.24, 2.45) is 0 Å². The lowest BCUT2D eigenvalue weighted by Gasteiger charge is -1.82. The van der Waals surface area contributed by atoms with Gasteiger partial charge in [-0.25, -0.2) is 0 Å². The fourth-order valence-corrected chi connectivity index (χ4v) is 0.534. The summed E-state index contributed by atoms with van der Waals surface area (Å²) < 4.78 is 0.